The summed E-state index contributed by atoms with van der Waals surface area (Å²) in [7, 11) is 1.75. The molecule has 1 aromatic heterocycles. The van der Waals surface area contributed by atoms with Gasteiger partial charge in [0.2, 0.25) is 10.1 Å². The monoisotopic (exact) mass is 242 g/mol. The van der Waals surface area contributed by atoms with Crippen LogP contribution in [0.25, 0.3) is 0 Å². The summed E-state index contributed by atoms with van der Waals surface area (Å²) in [6, 6.07) is 0.197. The zero-order valence-corrected chi connectivity index (χ0v) is 9.84. The summed E-state index contributed by atoms with van der Waals surface area (Å²) in [4.78, 5) is 11.8. The molecule has 1 amide bonds. The highest BCUT2D eigenvalue weighted by Crippen LogP contribution is 2.15. The fourth-order valence-corrected chi connectivity index (χ4v) is 2.11. The zero-order chi connectivity index (χ0) is 11.4. The van der Waals surface area contributed by atoms with Crippen LogP contribution in [0.3, 0.4) is 0 Å². The van der Waals surface area contributed by atoms with E-state index in [1.54, 1.807) is 7.05 Å². The first-order valence-electron chi connectivity index (χ1n) is 5.19. The summed E-state index contributed by atoms with van der Waals surface area (Å²) in [5, 5.41) is 14.5. The fourth-order valence-electron chi connectivity index (χ4n) is 1.51. The Labute approximate surface area is 97.4 Å². The van der Waals surface area contributed by atoms with Gasteiger partial charge in [0, 0.05) is 26.3 Å². The average molecular weight is 242 g/mol. The second-order valence-electron chi connectivity index (χ2n) is 3.52. The molecule has 0 aromatic carbocycles. The van der Waals surface area contributed by atoms with E-state index in [0.29, 0.717) is 23.4 Å². The molecule has 2 N–H and O–H groups in total. The molecule has 0 radical (unpaired) electrons. The topological polar surface area (TPSA) is 76.1 Å². The van der Waals surface area contributed by atoms with Crippen LogP contribution in [0.5, 0.6) is 0 Å². The van der Waals surface area contributed by atoms with E-state index in [9.17, 15) is 4.79 Å². The Morgan fingerprint density at radius 1 is 1.44 bits per heavy atom. The highest BCUT2D eigenvalue weighted by atomic mass is 32.1. The van der Waals surface area contributed by atoms with Gasteiger partial charge in [-0.15, -0.1) is 10.2 Å². The van der Waals surface area contributed by atoms with Crippen LogP contribution < -0.4 is 10.6 Å². The Kier molecular flexibility index (Phi) is 3.68. The maximum absolute atomic E-state index is 11.8. The number of rotatable bonds is 3. The van der Waals surface area contributed by atoms with Gasteiger partial charge in [0.15, 0.2) is 0 Å². The first kappa shape index (κ1) is 11.3. The summed E-state index contributed by atoms with van der Waals surface area (Å²) in [6.07, 6.45) is 1.73. The molecule has 1 aliphatic heterocycles. The van der Waals surface area contributed by atoms with Gasteiger partial charge in [-0.05, 0) is 12.8 Å². The van der Waals surface area contributed by atoms with E-state index in [4.69, 9.17) is 4.74 Å². The number of carbonyl (C=O) groups excluding carboxylic acids is 1. The van der Waals surface area contributed by atoms with Gasteiger partial charge in [0.05, 0.1) is 0 Å². The summed E-state index contributed by atoms with van der Waals surface area (Å²) >= 11 is 1.25. The third-order valence-corrected chi connectivity index (χ3v) is 3.33. The Morgan fingerprint density at radius 2 is 2.19 bits per heavy atom. The lowest BCUT2D eigenvalue weighted by molar-refractivity contribution is 0.0696. The Balaban J connectivity index is 1.91. The van der Waals surface area contributed by atoms with E-state index in [2.05, 4.69) is 20.8 Å². The van der Waals surface area contributed by atoms with Crippen molar-refractivity contribution >= 4 is 22.4 Å². The minimum absolute atomic E-state index is 0.147. The Morgan fingerprint density at radius 3 is 2.81 bits per heavy atom. The summed E-state index contributed by atoms with van der Waals surface area (Å²) < 4.78 is 5.22. The summed E-state index contributed by atoms with van der Waals surface area (Å²) in [6.45, 7) is 1.42. The number of amides is 1. The average Bonchev–Trinajstić information content (AvgIpc) is 2.79. The molecule has 0 atom stereocenters. The number of hydrogen-bond acceptors (Lipinski definition) is 6. The predicted octanol–water partition coefficient (Wildman–Crippen LogP) is 0.489. The zero-order valence-electron chi connectivity index (χ0n) is 9.02. The molecule has 0 unspecified atom stereocenters. The maximum Gasteiger partial charge on any atom is 0.282 e. The third kappa shape index (κ3) is 2.67. The van der Waals surface area contributed by atoms with Crippen LogP contribution in [0.15, 0.2) is 0 Å². The van der Waals surface area contributed by atoms with Crippen molar-refractivity contribution in [2.24, 2.45) is 0 Å². The molecule has 6 nitrogen and oxygen atoms in total. The number of aromatic nitrogens is 2. The van der Waals surface area contributed by atoms with Gasteiger partial charge in [0.25, 0.3) is 5.91 Å². The number of anilines is 1. The van der Waals surface area contributed by atoms with E-state index >= 15 is 0 Å². The lowest BCUT2D eigenvalue weighted by Crippen LogP contribution is -2.38. The van der Waals surface area contributed by atoms with E-state index in [0.717, 1.165) is 12.8 Å². The second kappa shape index (κ2) is 5.22. The highest BCUT2D eigenvalue weighted by Gasteiger charge is 2.19. The molecule has 0 bridgehead atoms. The van der Waals surface area contributed by atoms with Gasteiger partial charge in [0.1, 0.15) is 0 Å². The first-order valence-corrected chi connectivity index (χ1v) is 6.01. The molecule has 1 saturated heterocycles. The Bertz CT molecular complexity index is 362. The van der Waals surface area contributed by atoms with Crippen molar-refractivity contribution in [3.8, 4) is 0 Å². The Hall–Kier alpha value is -1.21. The molecular formula is C9H14N4O2S. The molecular weight excluding hydrogens is 228 g/mol. The van der Waals surface area contributed by atoms with Crippen LogP contribution in [0.2, 0.25) is 0 Å². The first-order chi connectivity index (χ1) is 7.79. The van der Waals surface area contributed by atoms with Crippen molar-refractivity contribution in [1.29, 1.82) is 0 Å². The van der Waals surface area contributed by atoms with Crippen molar-refractivity contribution in [3.05, 3.63) is 5.01 Å². The minimum atomic E-state index is -0.147. The van der Waals surface area contributed by atoms with Gasteiger partial charge < -0.3 is 15.4 Å². The van der Waals surface area contributed by atoms with Crippen LogP contribution in [0.1, 0.15) is 22.6 Å². The van der Waals surface area contributed by atoms with Gasteiger partial charge in [-0.2, -0.15) is 0 Å². The third-order valence-electron chi connectivity index (χ3n) is 2.39. The fraction of sp³-hybridized carbons (Fsp3) is 0.667. The molecule has 16 heavy (non-hydrogen) atoms. The van der Waals surface area contributed by atoms with Crippen molar-refractivity contribution in [2.45, 2.75) is 18.9 Å². The molecule has 0 spiro atoms. The molecule has 1 aliphatic rings. The van der Waals surface area contributed by atoms with Crippen LogP contribution >= 0.6 is 11.3 Å². The lowest BCUT2D eigenvalue weighted by atomic mass is 10.1. The molecule has 0 aliphatic carbocycles. The highest BCUT2D eigenvalue weighted by molar-refractivity contribution is 7.17. The van der Waals surface area contributed by atoms with Crippen molar-refractivity contribution in [1.82, 2.24) is 15.5 Å². The van der Waals surface area contributed by atoms with E-state index in [-0.39, 0.29) is 11.9 Å². The number of hydrogen-bond donors (Lipinski definition) is 2. The SMILES string of the molecule is CNc1nnc(C(=O)NC2CCOCC2)s1. The molecule has 7 heteroatoms. The predicted molar refractivity (Wildman–Crippen MR) is 60.8 cm³/mol. The molecule has 1 aromatic rings. The largest absolute Gasteiger partial charge is 0.381 e. The van der Waals surface area contributed by atoms with Crippen molar-refractivity contribution in [3.63, 3.8) is 0 Å². The summed E-state index contributed by atoms with van der Waals surface area (Å²) in [5.41, 5.74) is 0. The van der Waals surface area contributed by atoms with Crippen LogP contribution in [-0.4, -0.2) is 42.4 Å². The standard InChI is InChI=1S/C9H14N4O2S/c1-10-9-13-12-8(16-9)7(14)11-6-2-4-15-5-3-6/h6H,2-5H2,1H3,(H,10,13)(H,11,14). The molecule has 1 fully saturated rings. The van der Waals surface area contributed by atoms with Crippen molar-refractivity contribution < 1.29 is 9.53 Å². The second-order valence-corrected chi connectivity index (χ2v) is 4.50. The van der Waals surface area contributed by atoms with Crippen molar-refractivity contribution in [2.75, 3.05) is 25.6 Å². The summed E-state index contributed by atoms with van der Waals surface area (Å²) in [5.74, 6) is -0.147. The smallest absolute Gasteiger partial charge is 0.282 e. The number of ether oxygens (including phenoxy) is 1. The van der Waals surface area contributed by atoms with Gasteiger partial charge >= 0.3 is 0 Å². The normalized spacial score (nSPS) is 17.1. The molecule has 2 rings (SSSR count). The minimum Gasteiger partial charge on any atom is -0.381 e. The number of nitrogens with one attached hydrogen (secondary N) is 2. The molecule has 88 valence electrons. The van der Waals surface area contributed by atoms with Crippen LogP contribution in [-0.2, 0) is 4.74 Å². The van der Waals surface area contributed by atoms with E-state index in [1.165, 1.54) is 11.3 Å². The maximum atomic E-state index is 11.8. The molecule has 2 heterocycles. The van der Waals surface area contributed by atoms with Gasteiger partial charge in [-0.3, -0.25) is 4.79 Å². The van der Waals surface area contributed by atoms with Gasteiger partial charge in [-0.1, -0.05) is 11.3 Å². The molecule has 0 saturated carbocycles. The van der Waals surface area contributed by atoms with E-state index < -0.39 is 0 Å². The number of carbonyl (C=O) groups is 1. The van der Waals surface area contributed by atoms with E-state index in [1.807, 2.05) is 0 Å². The van der Waals surface area contributed by atoms with Crippen LogP contribution in [0, 0.1) is 0 Å². The number of nitrogens with zero attached hydrogens (tertiary/aromatic N) is 2. The van der Waals surface area contributed by atoms with Crippen LogP contribution in [0.4, 0.5) is 5.13 Å². The van der Waals surface area contributed by atoms with Gasteiger partial charge in [-0.25, -0.2) is 0 Å². The quantitative estimate of drug-likeness (QED) is 0.806. The lowest BCUT2D eigenvalue weighted by Gasteiger charge is -2.22.